The van der Waals surface area contributed by atoms with Gasteiger partial charge in [0.25, 0.3) is 0 Å². The van der Waals surface area contributed by atoms with Crippen LogP contribution in [0.2, 0.25) is 0 Å². The number of aromatic carboxylic acids is 1. The molecule has 2 heterocycles. The molecule has 150 valence electrons. The van der Waals surface area contributed by atoms with Gasteiger partial charge in [-0.15, -0.1) is 0 Å². The van der Waals surface area contributed by atoms with E-state index < -0.39 is 5.97 Å². The summed E-state index contributed by atoms with van der Waals surface area (Å²) >= 11 is 0. The fourth-order valence-electron chi connectivity index (χ4n) is 2.42. The van der Waals surface area contributed by atoms with E-state index in [1.807, 2.05) is 38.0 Å². The molecule has 0 aliphatic carbocycles. The second-order valence-corrected chi connectivity index (χ2v) is 6.65. The predicted molar refractivity (Wildman–Crippen MR) is 113 cm³/mol. The van der Waals surface area contributed by atoms with Crippen LogP contribution in [0, 0.1) is 0 Å². The summed E-state index contributed by atoms with van der Waals surface area (Å²) in [7, 11) is 7.55. The van der Waals surface area contributed by atoms with Crippen LogP contribution in [0.5, 0.6) is 0 Å². The normalized spacial score (nSPS) is 10.9. The number of hydrogen-bond acceptors (Lipinski definition) is 8. The second-order valence-electron chi connectivity index (χ2n) is 6.65. The van der Waals surface area contributed by atoms with Crippen molar-refractivity contribution in [3.8, 4) is 11.3 Å². The molecule has 2 aromatic heterocycles. The number of carboxylic acid groups (broad SMARTS) is 1. The van der Waals surface area contributed by atoms with E-state index in [0.29, 0.717) is 23.3 Å². The number of aromatic nitrogens is 2. The maximum atomic E-state index is 10.9. The molecule has 9 nitrogen and oxygen atoms in total. The van der Waals surface area contributed by atoms with Gasteiger partial charge in [-0.3, -0.25) is 5.43 Å². The molecule has 0 aliphatic heterocycles. The summed E-state index contributed by atoms with van der Waals surface area (Å²) < 4.78 is 5.75. The standard InChI is InChI=1S/C20H22N6O3/c1-25(2)18-11-17(22-20(23-18)26(3)4)24-21-12-15-9-10-16(29-15)13-5-7-14(8-6-13)19(27)28/h5-12H,1-4H3,(H,27,28)(H,22,23,24). The van der Waals surface area contributed by atoms with Gasteiger partial charge in [0.1, 0.15) is 17.3 Å². The Hall–Kier alpha value is -3.88. The first-order valence-electron chi connectivity index (χ1n) is 8.80. The Bertz CT molecular complexity index is 999. The summed E-state index contributed by atoms with van der Waals surface area (Å²) in [5.74, 6) is 2.08. The zero-order valence-electron chi connectivity index (χ0n) is 16.6. The molecular weight excluding hydrogens is 372 g/mol. The Morgan fingerprint density at radius 2 is 1.79 bits per heavy atom. The first kappa shape index (κ1) is 19.9. The predicted octanol–water partition coefficient (Wildman–Crippen LogP) is 3.01. The van der Waals surface area contributed by atoms with E-state index in [9.17, 15) is 4.79 Å². The molecule has 1 aromatic carbocycles. The van der Waals surface area contributed by atoms with Gasteiger partial charge in [0.15, 0.2) is 5.82 Å². The second kappa shape index (κ2) is 8.42. The quantitative estimate of drug-likeness (QED) is 0.465. The molecule has 29 heavy (non-hydrogen) atoms. The average molecular weight is 394 g/mol. The number of hydrogen-bond donors (Lipinski definition) is 2. The van der Waals surface area contributed by atoms with Crippen molar-refractivity contribution < 1.29 is 14.3 Å². The molecule has 0 saturated heterocycles. The number of benzene rings is 1. The maximum absolute atomic E-state index is 10.9. The van der Waals surface area contributed by atoms with Crippen LogP contribution in [-0.4, -0.2) is 55.4 Å². The first-order valence-corrected chi connectivity index (χ1v) is 8.80. The Labute approximate surface area is 168 Å². The number of nitrogens with zero attached hydrogens (tertiary/aromatic N) is 5. The van der Waals surface area contributed by atoms with Crippen LogP contribution in [0.1, 0.15) is 16.1 Å². The number of furan rings is 1. The van der Waals surface area contributed by atoms with Crippen molar-refractivity contribution in [3.63, 3.8) is 0 Å². The van der Waals surface area contributed by atoms with E-state index in [-0.39, 0.29) is 5.56 Å². The lowest BCUT2D eigenvalue weighted by molar-refractivity contribution is 0.0697. The fourth-order valence-corrected chi connectivity index (χ4v) is 2.42. The van der Waals surface area contributed by atoms with Gasteiger partial charge in [-0.2, -0.15) is 15.1 Å². The maximum Gasteiger partial charge on any atom is 0.335 e. The fraction of sp³-hybridized carbons (Fsp3) is 0.200. The topological polar surface area (TPSA) is 107 Å². The van der Waals surface area contributed by atoms with E-state index in [0.717, 1.165) is 11.4 Å². The van der Waals surface area contributed by atoms with Crippen LogP contribution < -0.4 is 15.2 Å². The van der Waals surface area contributed by atoms with Crippen molar-refractivity contribution in [3.05, 3.63) is 53.8 Å². The smallest absolute Gasteiger partial charge is 0.335 e. The van der Waals surface area contributed by atoms with Gasteiger partial charge in [-0.05, 0) is 24.3 Å². The highest BCUT2D eigenvalue weighted by Gasteiger charge is 2.08. The first-order chi connectivity index (χ1) is 13.8. The van der Waals surface area contributed by atoms with Crippen molar-refractivity contribution in [2.45, 2.75) is 0 Å². The van der Waals surface area contributed by atoms with E-state index in [1.165, 1.54) is 12.1 Å². The number of rotatable bonds is 7. The molecule has 0 radical (unpaired) electrons. The summed E-state index contributed by atoms with van der Waals surface area (Å²) in [6.45, 7) is 0. The Morgan fingerprint density at radius 1 is 1.07 bits per heavy atom. The van der Waals surface area contributed by atoms with Gasteiger partial charge < -0.3 is 19.3 Å². The molecule has 0 amide bonds. The lowest BCUT2D eigenvalue weighted by Crippen LogP contribution is -2.17. The highest BCUT2D eigenvalue weighted by atomic mass is 16.4. The van der Waals surface area contributed by atoms with Crippen LogP contribution in [0.3, 0.4) is 0 Å². The van der Waals surface area contributed by atoms with Gasteiger partial charge >= 0.3 is 5.97 Å². The van der Waals surface area contributed by atoms with Crippen molar-refractivity contribution in [1.82, 2.24) is 9.97 Å². The van der Waals surface area contributed by atoms with Gasteiger partial charge in [0.05, 0.1) is 11.8 Å². The highest BCUT2D eigenvalue weighted by Crippen LogP contribution is 2.22. The molecule has 0 bridgehead atoms. The molecule has 0 atom stereocenters. The minimum Gasteiger partial charge on any atom is -0.478 e. The number of carboxylic acids is 1. The summed E-state index contributed by atoms with van der Waals surface area (Å²) in [6.07, 6.45) is 1.54. The van der Waals surface area contributed by atoms with E-state index in [4.69, 9.17) is 9.52 Å². The molecule has 3 aromatic rings. The van der Waals surface area contributed by atoms with Crippen LogP contribution >= 0.6 is 0 Å². The summed E-state index contributed by atoms with van der Waals surface area (Å²) in [5, 5.41) is 13.2. The molecule has 0 aliphatic rings. The molecule has 9 heteroatoms. The monoisotopic (exact) mass is 394 g/mol. The van der Waals surface area contributed by atoms with Gasteiger partial charge in [0, 0.05) is 39.8 Å². The zero-order valence-corrected chi connectivity index (χ0v) is 16.6. The highest BCUT2D eigenvalue weighted by molar-refractivity contribution is 5.88. The summed E-state index contributed by atoms with van der Waals surface area (Å²) in [4.78, 5) is 23.5. The largest absolute Gasteiger partial charge is 0.478 e. The lowest BCUT2D eigenvalue weighted by Gasteiger charge is -2.16. The van der Waals surface area contributed by atoms with Crippen LogP contribution in [0.15, 0.2) is 52.0 Å². The van der Waals surface area contributed by atoms with Crippen LogP contribution in [-0.2, 0) is 0 Å². The van der Waals surface area contributed by atoms with Crippen LogP contribution in [0.4, 0.5) is 17.6 Å². The third-order valence-electron chi connectivity index (χ3n) is 3.97. The molecule has 2 N–H and O–H groups in total. The van der Waals surface area contributed by atoms with Crippen molar-refractivity contribution in [2.24, 2.45) is 5.10 Å². The third kappa shape index (κ3) is 4.89. The summed E-state index contributed by atoms with van der Waals surface area (Å²) in [5.41, 5.74) is 3.90. The van der Waals surface area contributed by atoms with Gasteiger partial charge in [-0.25, -0.2) is 4.79 Å². The molecule has 0 saturated carbocycles. The molecule has 0 fully saturated rings. The number of anilines is 3. The lowest BCUT2D eigenvalue weighted by atomic mass is 10.1. The Kier molecular flexibility index (Phi) is 5.77. The summed E-state index contributed by atoms with van der Waals surface area (Å²) in [6, 6.07) is 11.9. The Balaban J connectivity index is 1.72. The van der Waals surface area contributed by atoms with E-state index in [1.54, 1.807) is 36.5 Å². The van der Waals surface area contributed by atoms with Gasteiger partial charge in [-0.1, -0.05) is 12.1 Å². The zero-order chi connectivity index (χ0) is 21.0. The van der Waals surface area contributed by atoms with Crippen molar-refractivity contribution in [1.29, 1.82) is 0 Å². The molecule has 3 rings (SSSR count). The minimum absolute atomic E-state index is 0.227. The van der Waals surface area contributed by atoms with Crippen molar-refractivity contribution >= 4 is 29.8 Å². The number of carbonyl (C=O) groups is 1. The van der Waals surface area contributed by atoms with Gasteiger partial charge in [0.2, 0.25) is 5.95 Å². The molecule has 0 unspecified atom stereocenters. The van der Waals surface area contributed by atoms with E-state index >= 15 is 0 Å². The van der Waals surface area contributed by atoms with E-state index in [2.05, 4.69) is 20.5 Å². The number of nitrogens with one attached hydrogen (secondary N) is 1. The molecule has 0 spiro atoms. The average Bonchev–Trinajstić information content (AvgIpc) is 3.16. The molecular formula is C20H22N6O3. The van der Waals surface area contributed by atoms with Crippen molar-refractivity contribution in [2.75, 3.05) is 43.4 Å². The third-order valence-corrected chi connectivity index (χ3v) is 3.97. The Morgan fingerprint density at radius 3 is 2.41 bits per heavy atom. The number of hydrazone groups is 1. The minimum atomic E-state index is -0.963. The SMILES string of the molecule is CN(C)c1cc(NN=Cc2ccc(-c3ccc(C(=O)O)cc3)o2)nc(N(C)C)n1. The van der Waals surface area contributed by atoms with Crippen LogP contribution in [0.25, 0.3) is 11.3 Å².